The third-order valence-electron chi connectivity index (χ3n) is 4.94. The van der Waals surface area contributed by atoms with Gasteiger partial charge in [-0.1, -0.05) is 18.2 Å². The number of ether oxygens (including phenoxy) is 5. The summed E-state index contributed by atoms with van der Waals surface area (Å²) in [6.45, 7) is 4.43. The number of hydrogen-bond acceptors (Lipinski definition) is 6. The first-order chi connectivity index (χ1) is 13.9. The summed E-state index contributed by atoms with van der Waals surface area (Å²) in [6.07, 6.45) is 1.71. The van der Waals surface area contributed by atoms with Crippen molar-refractivity contribution in [1.29, 1.82) is 0 Å². The third kappa shape index (κ3) is 4.89. The van der Waals surface area contributed by atoms with Gasteiger partial charge in [0.15, 0.2) is 23.1 Å². The number of hydrogen-bond donors (Lipinski definition) is 0. The maximum Gasteiger partial charge on any atom is 0.203 e. The first-order valence-corrected chi connectivity index (χ1v) is 9.62. The Bertz CT molecular complexity index is 848. The molecule has 0 amide bonds. The van der Waals surface area contributed by atoms with Crippen molar-refractivity contribution in [2.45, 2.75) is 38.6 Å². The van der Waals surface area contributed by atoms with Crippen molar-refractivity contribution >= 4 is 5.78 Å². The van der Waals surface area contributed by atoms with Crippen molar-refractivity contribution < 1.29 is 28.5 Å². The Morgan fingerprint density at radius 2 is 1.72 bits per heavy atom. The van der Waals surface area contributed by atoms with Crippen LogP contribution in [-0.2, 0) is 15.9 Å². The molecule has 29 heavy (non-hydrogen) atoms. The molecule has 156 valence electrons. The van der Waals surface area contributed by atoms with Crippen LogP contribution in [0.2, 0.25) is 0 Å². The molecule has 0 N–H and O–H groups in total. The molecule has 1 fully saturated rings. The highest BCUT2D eigenvalue weighted by atomic mass is 16.7. The maximum absolute atomic E-state index is 13.1. The predicted octanol–water partition coefficient (Wildman–Crippen LogP) is 4.03. The predicted molar refractivity (Wildman–Crippen MR) is 109 cm³/mol. The van der Waals surface area contributed by atoms with Crippen LogP contribution in [0.1, 0.15) is 41.8 Å². The topological polar surface area (TPSA) is 63.2 Å². The minimum absolute atomic E-state index is 0.0690. The molecular weight excluding hydrogens is 372 g/mol. The van der Waals surface area contributed by atoms with Gasteiger partial charge in [-0.05, 0) is 50.5 Å². The Kier molecular flexibility index (Phi) is 6.45. The summed E-state index contributed by atoms with van der Waals surface area (Å²) in [5, 5.41) is 0. The number of benzene rings is 2. The molecule has 1 aliphatic heterocycles. The summed E-state index contributed by atoms with van der Waals surface area (Å²) < 4.78 is 27.5. The first kappa shape index (κ1) is 21.1. The SMILES string of the molecule is COc1cc(C(=O)c2cccc(CC[C@H]3COC(C)(C)O3)c2)cc(OC)c1OC. The van der Waals surface area contributed by atoms with Crippen molar-refractivity contribution in [2.24, 2.45) is 0 Å². The second kappa shape index (κ2) is 8.84. The average molecular weight is 400 g/mol. The lowest BCUT2D eigenvalue weighted by Gasteiger charge is -2.17. The van der Waals surface area contributed by atoms with E-state index in [9.17, 15) is 4.79 Å². The lowest BCUT2D eigenvalue weighted by molar-refractivity contribution is -0.138. The van der Waals surface area contributed by atoms with Gasteiger partial charge in [0.2, 0.25) is 5.75 Å². The Hall–Kier alpha value is -2.57. The Balaban J connectivity index is 1.77. The molecule has 0 spiro atoms. The lowest BCUT2D eigenvalue weighted by atomic mass is 9.98. The van der Waals surface area contributed by atoms with Crippen LogP contribution in [0.4, 0.5) is 0 Å². The van der Waals surface area contributed by atoms with E-state index in [0.29, 0.717) is 35.0 Å². The quantitative estimate of drug-likeness (QED) is 0.624. The Labute approximate surface area is 171 Å². The molecule has 0 aromatic heterocycles. The summed E-state index contributed by atoms with van der Waals surface area (Å²) in [6, 6.07) is 11.0. The van der Waals surface area contributed by atoms with Gasteiger partial charge in [0.05, 0.1) is 34.0 Å². The summed E-state index contributed by atoms with van der Waals surface area (Å²) in [5.74, 6) is 0.740. The van der Waals surface area contributed by atoms with Crippen LogP contribution < -0.4 is 14.2 Å². The second-order valence-corrected chi connectivity index (χ2v) is 7.43. The smallest absolute Gasteiger partial charge is 0.203 e. The van der Waals surface area contributed by atoms with Gasteiger partial charge in [0.1, 0.15) is 0 Å². The molecule has 1 heterocycles. The highest BCUT2D eigenvalue weighted by Gasteiger charge is 2.32. The van der Waals surface area contributed by atoms with E-state index >= 15 is 0 Å². The molecule has 6 nitrogen and oxygen atoms in total. The van der Waals surface area contributed by atoms with E-state index in [1.807, 2.05) is 38.1 Å². The summed E-state index contributed by atoms with van der Waals surface area (Å²) in [5.41, 5.74) is 2.17. The van der Waals surface area contributed by atoms with E-state index in [1.54, 1.807) is 12.1 Å². The van der Waals surface area contributed by atoms with Gasteiger partial charge in [0, 0.05) is 11.1 Å². The van der Waals surface area contributed by atoms with Crippen LogP contribution in [0.15, 0.2) is 36.4 Å². The average Bonchev–Trinajstić information content (AvgIpc) is 3.09. The second-order valence-electron chi connectivity index (χ2n) is 7.43. The fourth-order valence-electron chi connectivity index (χ4n) is 3.48. The molecule has 2 aromatic rings. The molecular formula is C23H28O6. The van der Waals surface area contributed by atoms with Gasteiger partial charge in [-0.25, -0.2) is 0 Å². The highest BCUT2D eigenvalue weighted by molar-refractivity contribution is 6.09. The van der Waals surface area contributed by atoms with Crippen molar-refractivity contribution in [3.63, 3.8) is 0 Å². The normalized spacial score (nSPS) is 17.8. The zero-order valence-electron chi connectivity index (χ0n) is 17.6. The summed E-state index contributed by atoms with van der Waals surface area (Å²) >= 11 is 0. The first-order valence-electron chi connectivity index (χ1n) is 9.62. The van der Waals surface area contributed by atoms with Crippen LogP contribution in [0.25, 0.3) is 0 Å². The highest BCUT2D eigenvalue weighted by Crippen LogP contribution is 2.38. The maximum atomic E-state index is 13.1. The largest absolute Gasteiger partial charge is 0.493 e. The van der Waals surface area contributed by atoms with E-state index in [0.717, 1.165) is 18.4 Å². The molecule has 2 aromatic carbocycles. The number of aryl methyl sites for hydroxylation is 1. The van der Waals surface area contributed by atoms with E-state index in [2.05, 4.69) is 0 Å². The molecule has 0 bridgehead atoms. The number of carbonyl (C=O) groups is 1. The fraction of sp³-hybridized carbons (Fsp3) is 0.435. The molecule has 6 heteroatoms. The number of rotatable bonds is 8. The van der Waals surface area contributed by atoms with E-state index in [-0.39, 0.29) is 11.9 Å². The molecule has 0 aliphatic carbocycles. The van der Waals surface area contributed by atoms with E-state index in [4.69, 9.17) is 23.7 Å². The molecule has 3 rings (SSSR count). The zero-order valence-corrected chi connectivity index (χ0v) is 17.6. The van der Waals surface area contributed by atoms with Crippen molar-refractivity contribution in [3.8, 4) is 17.2 Å². The van der Waals surface area contributed by atoms with Gasteiger partial charge in [0.25, 0.3) is 0 Å². The molecule has 0 saturated carbocycles. The number of carbonyl (C=O) groups excluding carboxylic acids is 1. The summed E-state index contributed by atoms with van der Waals surface area (Å²) in [7, 11) is 4.59. The molecule has 0 unspecified atom stereocenters. The van der Waals surface area contributed by atoms with Crippen molar-refractivity contribution in [2.75, 3.05) is 27.9 Å². The van der Waals surface area contributed by atoms with Crippen molar-refractivity contribution in [1.82, 2.24) is 0 Å². The molecule has 1 atom stereocenters. The van der Waals surface area contributed by atoms with Gasteiger partial charge < -0.3 is 23.7 Å². The monoisotopic (exact) mass is 400 g/mol. The molecule has 1 aliphatic rings. The number of ketones is 1. The zero-order chi connectivity index (χ0) is 21.0. The standard InChI is InChI=1S/C23H28O6/c1-23(2)28-14-18(29-23)10-9-15-7-6-8-16(11-15)21(24)17-12-19(25-3)22(27-5)20(13-17)26-4/h6-8,11-13,18H,9-10,14H2,1-5H3/t18-/m0/s1. The summed E-state index contributed by atoms with van der Waals surface area (Å²) in [4.78, 5) is 13.1. The van der Waals surface area contributed by atoms with Crippen LogP contribution in [0.5, 0.6) is 17.2 Å². The van der Waals surface area contributed by atoms with E-state index < -0.39 is 5.79 Å². The van der Waals surface area contributed by atoms with Crippen LogP contribution in [0.3, 0.4) is 0 Å². The van der Waals surface area contributed by atoms with Crippen LogP contribution in [0, 0.1) is 0 Å². The number of methoxy groups -OCH3 is 3. The van der Waals surface area contributed by atoms with Crippen LogP contribution >= 0.6 is 0 Å². The lowest BCUT2D eigenvalue weighted by Crippen LogP contribution is -2.21. The van der Waals surface area contributed by atoms with Gasteiger partial charge in [-0.2, -0.15) is 0 Å². The van der Waals surface area contributed by atoms with Crippen LogP contribution in [-0.4, -0.2) is 45.6 Å². The fourth-order valence-corrected chi connectivity index (χ4v) is 3.48. The molecule has 1 saturated heterocycles. The van der Waals surface area contributed by atoms with E-state index in [1.165, 1.54) is 21.3 Å². The molecule has 0 radical (unpaired) electrons. The Morgan fingerprint density at radius 3 is 2.28 bits per heavy atom. The Morgan fingerprint density at radius 1 is 1.03 bits per heavy atom. The van der Waals surface area contributed by atoms with Crippen molar-refractivity contribution in [3.05, 3.63) is 53.1 Å². The minimum atomic E-state index is -0.519. The van der Waals surface area contributed by atoms with Gasteiger partial charge >= 0.3 is 0 Å². The van der Waals surface area contributed by atoms with Gasteiger partial charge in [-0.15, -0.1) is 0 Å². The van der Waals surface area contributed by atoms with Gasteiger partial charge in [-0.3, -0.25) is 4.79 Å². The minimum Gasteiger partial charge on any atom is -0.493 e. The third-order valence-corrected chi connectivity index (χ3v) is 4.94.